The van der Waals surface area contributed by atoms with Crippen LogP contribution in [0, 0.1) is 0 Å². The third kappa shape index (κ3) is 48.7. The average Bonchev–Trinajstić information content (AvgIpc) is 3.24. The van der Waals surface area contributed by atoms with Crippen molar-refractivity contribution in [1.82, 2.24) is 5.32 Å². The second kappa shape index (κ2) is 46.1. The first-order chi connectivity index (χ1) is 30.5. The van der Waals surface area contributed by atoms with Crippen LogP contribution in [0.1, 0.15) is 264 Å². The Morgan fingerprint density at radius 1 is 0.540 bits per heavy atom. The van der Waals surface area contributed by atoms with E-state index < -0.39 is 20.0 Å². The van der Waals surface area contributed by atoms with Crippen molar-refractivity contribution >= 4 is 13.7 Å². The number of carbonyl (C=O) groups is 1. The Hall–Kier alpha value is -1.02. The van der Waals surface area contributed by atoms with E-state index in [2.05, 4.69) is 43.5 Å². The summed E-state index contributed by atoms with van der Waals surface area (Å²) >= 11 is 0. The van der Waals surface area contributed by atoms with Gasteiger partial charge < -0.3 is 19.8 Å². The number of phosphoric ester groups is 1. The van der Waals surface area contributed by atoms with E-state index >= 15 is 0 Å². The molecule has 3 unspecified atom stereocenters. The molecule has 63 heavy (non-hydrogen) atoms. The fraction of sp³-hybridized carbons (Fsp3) is 0.907. The van der Waals surface area contributed by atoms with Crippen LogP contribution < -0.4 is 5.32 Å². The summed E-state index contributed by atoms with van der Waals surface area (Å²) in [6.45, 7) is 4.77. The van der Waals surface area contributed by atoms with Crippen molar-refractivity contribution in [3.63, 3.8) is 0 Å². The van der Waals surface area contributed by atoms with Gasteiger partial charge in [-0.15, -0.1) is 0 Å². The number of allylic oxidation sites excluding steroid dienone is 4. The van der Waals surface area contributed by atoms with Crippen molar-refractivity contribution < 1.29 is 32.9 Å². The van der Waals surface area contributed by atoms with E-state index in [9.17, 15) is 19.4 Å². The van der Waals surface area contributed by atoms with E-state index in [1.807, 2.05) is 21.1 Å². The first-order valence-electron chi connectivity index (χ1n) is 27.2. The maximum atomic E-state index is 12.8. The van der Waals surface area contributed by atoms with E-state index in [1.54, 1.807) is 0 Å². The number of unbranched alkanes of at least 4 members (excludes halogenated alkanes) is 33. The summed E-state index contributed by atoms with van der Waals surface area (Å²) < 4.78 is 23.4. The average molecular weight is 912 g/mol. The molecule has 0 aliphatic rings. The number of hydrogen-bond donors (Lipinski definition) is 3. The molecule has 0 aromatic carbocycles. The van der Waals surface area contributed by atoms with Gasteiger partial charge in [0.05, 0.1) is 39.9 Å². The minimum Gasteiger partial charge on any atom is -0.391 e. The lowest BCUT2D eigenvalue weighted by atomic mass is 10.0. The standard InChI is InChI=1S/C54H107N2O6P/c1-6-8-10-12-13-14-15-16-17-18-19-20-21-22-23-24-25-26-27-28-29-30-31-32-33-34-35-36-37-38-39-40-41-42-43-44-46-48-54(58)55-52(53(57)47-45-11-9-7-2)51-62-63(59,60)61-50-49-56(3,4)5/h15-16,18-19,52-53,57H,6-14,17,20-51H2,1-5H3,(H-,55,58,59,60)/p+1/b16-15-,19-18-. The molecule has 1 amide bonds. The van der Waals surface area contributed by atoms with Crippen molar-refractivity contribution in [2.24, 2.45) is 0 Å². The highest BCUT2D eigenvalue weighted by Crippen LogP contribution is 2.43. The zero-order chi connectivity index (χ0) is 46.4. The topological polar surface area (TPSA) is 105 Å². The molecule has 0 aliphatic carbocycles. The van der Waals surface area contributed by atoms with Crippen LogP contribution in [0.15, 0.2) is 24.3 Å². The molecule has 0 radical (unpaired) electrons. The summed E-state index contributed by atoms with van der Waals surface area (Å²) in [5.74, 6) is -0.149. The molecule has 0 aromatic heterocycles. The lowest BCUT2D eigenvalue weighted by Gasteiger charge is -2.26. The van der Waals surface area contributed by atoms with Crippen molar-refractivity contribution in [3.8, 4) is 0 Å². The van der Waals surface area contributed by atoms with Gasteiger partial charge in [0.15, 0.2) is 0 Å². The van der Waals surface area contributed by atoms with Gasteiger partial charge in [0, 0.05) is 6.42 Å². The fourth-order valence-electron chi connectivity index (χ4n) is 8.14. The smallest absolute Gasteiger partial charge is 0.391 e. The second-order valence-corrected chi connectivity index (χ2v) is 21.4. The Bertz CT molecular complexity index is 1080. The molecule has 3 N–H and O–H groups in total. The maximum Gasteiger partial charge on any atom is 0.472 e. The molecule has 0 spiro atoms. The van der Waals surface area contributed by atoms with Crippen LogP contribution in [-0.2, 0) is 18.4 Å². The van der Waals surface area contributed by atoms with Crippen LogP contribution in [0.5, 0.6) is 0 Å². The molecule has 374 valence electrons. The molecular formula is C54H108N2O6P+. The van der Waals surface area contributed by atoms with Crippen LogP contribution in [0.2, 0.25) is 0 Å². The zero-order valence-electron chi connectivity index (χ0n) is 42.6. The number of rotatable bonds is 50. The van der Waals surface area contributed by atoms with E-state index in [0.29, 0.717) is 23.9 Å². The molecule has 0 saturated carbocycles. The monoisotopic (exact) mass is 912 g/mol. The highest BCUT2D eigenvalue weighted by atomic mass is 31.2. The number of phosphoric acid groups is 1. The Morgan fingerprint density at radius 3 is 1.30 bits per heavy atom. The highest BCUT2D eigenvalue weighted by molar-refractivity contribution is 7.47. The van der Waals surface area contributed by atoms with Crippen LogP contribution in [0.25, 0.3) is 0 Å². The molecule has 0 aromatic rings. The first kappa shape index (κ1) is 62.0. The molecule has 0 heterocycles. The van der Waals surface area contributed by atoms with Gasteiger partial charge in [0.2, 0.25) is 5.91 Å². The lowest BCUT2D eigenvalue weighted by molar-refractivity contribution is -0.870. The minimum absolute atomic E-state index is 0.0756. The third-order valence-electron chi connectivity index (χ3n) is 12.5. The number of aliphatic hydroxyl groups is 1. The summed E-state index contributed by atoms with van der Waals surface area (Å²) in [6.07, 6.45) is 57.6. The predicted octanol–water partition coefficient (Wildman–Crippen LogP) is 16.0. The predicted molar refractivity (Wildman–Crippen MR) is 272 cm³/mol. The third-order valence-corrected chi connectivity index (χ3v) is 13.4. The number of carbonyl (C=O) groups excluding carboxylic acids is 1. The van der Waals surface area contributed by atoms with Crippen molar-refractivity contribution in [2.75, 3.05) is 40.9 Å². The van der Waals surface area contributed by atoms with Crippen LogP contribution in [0.4, 0.5) is 0 Å². The van der Waals surface area contributed by atoms with Gasteiger partial charge in [-0.05, 0) is 44.9 Å². The van der Waals surface area contributed by atoms with Crippen molar-refractivity contribution in [1.29, 1.82) is 0 Å². The first-order valence-corrected chi connectivity index (χ1v) is 28.7. The van der Waals surface area contributed by atoms with Gasteiger partial charge in [-0.2, -0.15) is 0 Å². The minimum atomic E-state index is -4.29. The van der Waals surface area contributed by atoms with Gasteiger partial charge in [-0.25, -0.2) is 4.57 Å². The number of hydrogen-bond acceptors (Lipinski definition) is 5. The summed E-state index contributed by atoms with van der Waals surface area (Å²) in [5, 5.41) is 13.7. The molecule has 0 bridgehead atoms. The van der Waals surface area contributed by atoms with E-state index in [-0.39, 0.29) is 19.1 Å². The molecule has 3 atom stereocenters. The van der Waals surface area contributed by atoms with E-state index in [1.165, 1.54) is 186 Å². The maximum absolute atomic E-state index is 12.8. The summed E-state index contributed by atoms with van der Waals surface area (Å²) in [6, 6.07) is -0.752. The number of aliphatic hydroxyl groups excluding tert-OH is 1. The summed E-state index contributed by atoms with van der Waals surface area (Å²) in [7, 11) is 1.62. The van der Waals surface area contributed by atoms with Crippen LogP contribution in [0.3, 0.4) is 0 Å². The number of likely N-dealkylation sites (N-methyl/N-ethyl adjacent to an activating group) is 1. The highest BCUT2D eigenvalue weighted by Gasteiger charge is 2.28. The van der Waals surface area contributed by atoms with E-state index in [4.69, 9.17) is 9.05 Å². The van der Waals surface area contributed by atoms with Crippen LogP contribution in [-0.4, -0.2) is 73.4 Å². The number of nitrogens with zero attached hydrogens (tertiary/aromatic N) is 1. The van der Waals surface area contributed by atoms with Gasteiger partial charge in [0.25, 0.3) is 0 Å². The molecule has 0 rings (SSSR count). The molecule has 8 nitrogen and oxygen atoms in total. The second-order valence-electron chi connectivity index (χ2n) is 20.0. The van der Waals surface area contributed by atoms with Crippen LogP contribution >= 0.6 is 7.82 Å². The number of amides is 1. The lowest BCUT2D eigenvalue weighted by Crippen LogP contribution is -2.46. The summed E-state index contributed by atoms with van der Waals surface area (Å²) in [4.78, 5) is 23.0. The Labute approximate surface area is 392 Å². The largest absolute Gasteiger partial charge is 0.472 e. The summed E-state index contributed by atoms with van der Waals surface area (Å²) in [5.41, 5.74) is 0. The number of nitrogens with one attached hydrogen (secondary N) is 1. The van der Waals surface area contributed by atoms with Crippen molar-refractivity contribution in [2.45, 2.75) is 276 Å². The fourth-order valence-corrected chi connectivity index (χ4v) is 8.87. The Kier molecular flexibility index (Phi) is 45.4. The van der Waals surface area contributed by atoms with Crippen molar-refractivity contribution in [3.05, 3.63) is 24.3 Å². The SMILES string of the molecule is CCCCCCC/C=C\C/C=C\CCCCCCCCCCCCCCCCCCCCCCCCCCCC(=O)NC(COP(=O)(O)OCC[N+](C)(C)C)C(O)CCCCCC. The molecule has 0 aliphatic heterocycles. The molecule has 0 saturated heterocycles. The number of quaternary nitrogens is 1. The van der Waals surface area contributed by atoms with Gasteiger partial charge in [-0.1, -0.05) is 237 Å². The zero-order valence-corrected chi connectivity index (χ0v) is 43.5. The molecule has 0 fully saturated rings. The Balaban J connectivity index is 3.65. The van der Waals surface area contributed by atoms with Gasteiger partial charge >= 0.3 is 7.82 Å². The molecular weight excluding hydrogens is 804 g/mol. The van der Waals surface area contributed by atoms with Gasteiger partial charge in [0.1, 0.15) is 13.2 Å². The van der Waals surface area contributed by atoms with E-state index in [0.717, 1.165) is 51.4 Å². The molecule has 9 heteroatoms. The Morgan fingerprint density at radius 2 is 0.905 bits per heavy atom. The quantitative estimate of drug-likeness (QED) is 0.0243. The van der Waals surface area contributed by atoms with Gasteiger partial charge in [-0.3, -0.25) is 13.8 Å². The normalized spacial score (nSPS) is 14.2.